The number of aryl methyl sites for hydroxylation is 1. The molecule has 2 aliphatic rings. The minimum Gasteiger partial charge on any atom is -0.400 e. The van der Waals surface area contributed by atoms with Crippen LogP contribution in [0, 0.1) is 12.3 Å². The molecule has 4 amide bonds. The molecule has 0 atom stereocenters. The van der Waals surface area contributed by atoms with Gasteiger partial charge in [-0.2, -0.15) is 0 Å². The predicted octanol–water partition coefficient (Wildman–Crippen LogP) is 0.661. The highest BCUT2D eigenvalue weighted by atomic mass is 16.2. The maximum atomic E-state index is 12.5. The number of aliphatic hydroxyl groups excluding tert-OH is 2. The van der Waals surface area contributed by atoms with Gasteiger partial charge in [-0.25, -0.2) is 4.90 Å². The van der Waals surface area contributed by atoms with E-state index in [0.29, 0.717) is 12.1 Å². The summed E-state index contributed by atoms with van der Waals surface area (Å²) >= 11 is 0. The largest absolute Gasteiger partial charge is 0.400 e. The number of imide groups is 2. The zero-order valence-electron chi connectivity index (χ0n) is 17.2. The van der Waals surface area contributed by atoms with Gasteiger partial charge in [0.25, 0.3) is 29.0 Å². The van der Waals surface area contributed by atoms with Crippen molar-refractivity contribution >= 4 is 29.3 Å². The lowest BCUT2D eigenvalue weighted by molar-refractivity contribution is -0.184. The monoisotopic (exact) mass is 412 g/mol. The number of nitrogens with zero attached hydrogens (tertiary/aromatic N) is 2. The zero-order valence-corrected chi connectivity index (χ0v) is 17.2. The normalized spacial score (nSPS) is 16.2. The first kappa shape index (κ1) is 22.9. The number of rotatable bonds is 3. The van der Waals surface area contributed by atoms with Crippen molar-refractivity contribution in [3.63, 3.8) is 0 Å². The van der Waals surface area contributed by atoms with Crippen LogP contribution in [0.4, 0.5) is 5.69 Å². The fourth-order valence-electron chi connectivity index (χ4n) is 3.56. The van der Waals surface area contributed by atoms with Crippen molar-refractivity contribution in [2.24, 2.45) is 5.41 Å². The molecule has 30 heavy (non-hydrogen) atoms. The van der Waals surface area contributed by atoms with Crippen molar-refractivity contribution in [3.05, 3.63) is 65.2 Å². The number of carbonyl (C=O) groups excluding carboxylic acids is 4. The number of hydrogen-bond donors (Lipinski definition) is 2. The molecule has 158 valence electrons. The van der Waals surface area contributed by atoms with E-state index in [-0.39, 0.29) is 0 Å². The maximum Gasteiger partial charge on any atom is 0.285 e. The second-order valence-corrected chi connectivity index (χ2v) is 6.70. The zero-order chi connectivity index (χ0) is 22.6. The Kier molecular flexibility index (Phi) is 6.86. The Hall–Kier alpha value is -3.36. The standard InChI is InChI=1S/C20H16N2O4.2CH4O/c1-12-5-3-6-13(9-12)10-14-7-4-8-15(11-14)22-18(25)20(19(22)26)16(23)21(2)17(20)24;2*1-2/h3-9,11H,10H2,1-2H3;2*2H,1H3. The smallest absolute Gasteiger partial charge is 0.285 e. The van der Waals surface area contributed by atoms with Crippen LogP contribution in [0.2, 0.25) is 0 Å². The summed E-state index contributed by atoms with van der Waals surface area (Å²) in [4.78, 5) is 50.6. The van der Waals surface area contributed by atoms with Crippen LogP contribution in [-0.2, 0) is 25.6 Å². The molecule has 0 unspecified atom stereocenters. The second-order valence-electron chi connectivity index (χ2n) is 6.70. The lowest BCUT2D eigenvalue weighted by Gasteiger charge is -2.51. The predicted molar refractivity (Wildman–Crippen MR) is 109 cm³/mol. The van der Waals surface area contributed by atoms with Gasteiger partial charge in [0.1, 0.15) is 0 Å². The van der Waals surface area contributed by atoms with Crippen LogP contribution in [0.25, 0.3) is 0 Å². The molecule has 2 N–H and O–H groups in total. The Morgan fingerprint density at radius 2 is 1.27 bits per heavy atom. The number of aliphatic hydroxyl groups is 2. The van der Waals surface area contributed by atoms with E-state index in [1.165, 1.54) is 7.05 Å². The lowest BCUT2D eigenvalue weighted by Crippen LogP contribution is -2.83. The van der Waals surface area contributed by atoms with Crippen molar-refractivity contribution < 1.29 is 29.4 Å². The molecule has 2 fully saturated rings. The van der Waals surface area contributed by atoms with E-state index in [9.17, 15) is 19.2 Å². The van der Waals surface area contributed by atoms with Crippen LogP contribution in [-0.4, -0.2) is 60.0 Å². The Balaban J connectivity index is 0.000000757. The molecule has 2 aliphatic heterocycles. The van der Waals surface area contributed by atoms with Crippen LogP contribution < -0.4 is 4.90 Å². The number of likely N-dealkylation sites (tertiary alicyclic amines) is 1. The van der Waals surface area contributed by atoms with Gasteiger partial charge in [-0.3, -0.25) is 24.1 Å². The van der Waals surface area contributed by atoms with Crippen molar-refractivity contribution in [1.82, 2.24) is 4.90 Å². The highest BCUT2D eigenvalue weighted by Crippen LogP contribution is 2.46. The van der Waals surface area contributed by atoms with Crippen LogP contribution >= 0.6 is 0 Å². The van der Waals surface area contributed by atoms with E-state index >= 15 is 0 Å². The molecule has 0 bridgehead atoms. The topological polar surface area (TPSA) is 115 Å². The van der Waals surface area contributed by atoms with Gasteiger partial charge in [0.2, 0.25) is 0 Å². The molecular weight excluding hydrogens is 388 g/mol. The van der Waals surface area contributed by atoms with E-state index in [1.54, 1.807) is 18.2 Å². The molecule has 0 aliphatic carbocycles. The Bertz CT molecular complexity index is 967. The Labute approximate surface area is 174 Å². The quantitative estimate of drug-likeness (QED) is 0.565. The molecule has 2 heterocycles. The SMILES string of the molecule is CO.CO.Cc1cccc(Cc2cccc(N3C(=O)C4(C(=O)N(C)C4=O)C3=O)c2)c1. The average Bonchev–Trinajstić information content (AvgIpc) is 2.77. The molecule has 0 aromatic heterocycles. The average molecular weight is 412 g/mol. The van der Waals surface area contributed by atoms with E-state index in [4.69, 9.17) is 10.2 Å². The lowest BCUT2D eigenvalue weighted by atomic mass is 9.69. The van der Waals surface area contributed by atoms with Crippen molar-refractivity contribution in [2.45, 2.75) is 13.3 Å². The van der Waals surface area contributed by atoms with Gasteiger partial charge in [-0.05, 0) is 36.6 Å². The third kappa shape index (κ3) is 3.30. The van der Waals surface area contributed by atoms with Crippen LogP contribution in [0.3, 0.4) is 0 Å². The number of amides is 4. The first-order chi connectivity index (χ1) is 14.4. The van der Waals surface area contributed by atoms with E-state index in [1.807, 2.05) is 31.2 Å². The summed E-state index contributed by atoms with van der Waals surface area (Å²) in [6.45, 7) is 2.01. The fourth-order valence-corrected chi connectivity index (χ4v) is 3.56. The van der Waals surface area contributed by atoms with Gasteiger partial charge < -0.3 is 10.2 Å². The van der Waals surface area contributed by atoms with E-state index in [2.05, 4.69) is 6.07 Å². The molecule has 8 heteroatoms. The summed E-state index contributed by atoms with van der Waals surface area (Å²) in [5.74, 6) is -3.01. The minimum absolute atomic E-state index is 0.380. The highest BCUT2D eigenvalue weighted by molar-refractivity contribution is 6.59. The van der Waals surface area contributed by atoms with Crippen LogP contribution in [0.15, 0.2) is 48.5 Å². The Morgan fingerprint density at radius 1 is 0.767 bits per heavy atom. The van der Waals surface area contributed by atoms with E-state index in [0.717, 1.165) is 40.7 Å². The maximum absolute atomic E-state index is 12.5. The summed E-state index contributed by atoms with van der Waals surface area (Å²) in [5, 5.41) is 14.0. The van der Waals surface area contributed by atoms with Crippen molar-refractivity contribution in [2.75, 3.05) is 26.2 Å². The number of hydrogen-bond acceptors (Lipinski definition) is 6. The Morgan fingerprint density at radius 3 is 1.80 bits per heavy atom. The molecule has 0 radical (unpaired) electrons. The molecule has 2 aromatic rings. The molecule has 2 aromatic carbocycles. The number of carbonyl (C=O) groups is 4. The highest BCUT2D eigenvalue weighted by Gasteiger charge is 2.79. The first-order valence-electron chi connectivity index (χ1n) is 9.13. The summed E-state index contributed by atoms with van der Waals surface area (Å²) < 4.78 is 0. The third-order valence-electron chi connectivity index (χ3n) is 4.96. The summed E-state index contributed by atoms with van der Waals surface area (Å²) in [6, 6.07) is 15.1. The van der Waals surface area contributed by atoms with Crippen LogP contribution in [0.5, 0.6) is 0 Å². The van der Waals surface area contributed by atoms with Crippen molar-refractivity contribution in [3.8, 4) is 0 Å². The van der Waals surface area contributed by atoms with Gasteiger partial charge in [-0.1, -0.05) is 42.0 Å². The van der Waals surface area contributed by atoms with Gasteiger partial charge in [-0.15, -0.1) is 0 Å². The van der Waals surface area contributed by atoms with Gasteiger partial charge in [0.05, 0.1) is 5.69 Å². The molecule has 8 nitrogen and oxygen atoms in total. The molecular formula is C22H24N2O6. The van der Waals surface area contributed by atoms with Gasteiger partial charge >= 0.3 is 0 Å². The fraction of sp³-hybridized carbons (Fsp3) is 0.273. The molecule has 2 saturated heterocycles. The minimum atomic E-state index is -2.12. The first-order valence-corrected chi connectivity index (χ1v) is 9.13. The van der Waals surface area contributed by atoms with E-state index < -0.39 is 29.0 Å². The summed E-state index contributed by atoms with van der Waals surface area (Å²) in [6.07, 6.45) is 0.650. The number of benzene rings is 2. The van der Waals surface area contributed by atoms with Gasteiger partial charge in [0.15, 0.2) is 0 Å². The number of β-lactam (4-membered cyclic amide) rings is 4. The molecule has 4 rings (SSSR count). The summed E-state index contributed by atoms with van der Waals surface area (Å²) in [7, 11) is 3.27. The summed E-state index contributed by atoms with van der Waals surface area (Å²) in [5.41, 5.74) is 1.45. The van der Waals surface area contributed by atoms with Crippen LogP contribution in [0.1, 0.15) is 16.7 Å². The van der Waals surface area contributed by atoms with Crippen molar-refractivity contribution in [1.29, 1.82) is 0 Å². The van der Waals surface area contributed by atoms with Gasteiger partial charge in [0, 0.05) is 21.3 Å². The second kappa shape index (κ2) is 8.98. The molecule has 1 spiro atoms. The molecule has 0 saturated carbocycles. The number of anilines is 1. The third-order valence-corrected chi connectivity index (χ3v) is 4.96.